The Morgan fingerprint density at radius 3 is 1.39 bits per heavy atom. The Hall–Kier alpha value is -2.31. The van der Waals surface area contributed by atoms with Crippen molar-refractivity contribution in [3.05, 3.63) is 60.8 Å². The Balaban J connectivity index is 1.71. The van der Waals surface area contributed by atoms with E-state index in [0.29, 0.717) is 13.0 Å². The van der Waals surface area contributed by atoms with Crippen LogP contribution in [0.2, 0.25) is 0 Å². The zero-order chi connectivity index (χ0) is 52.3. The highest BCUT2D eigenvalue weighted by Gasteiger charge is 2.47. The monoisotopic (exact) mass is 1020 g/mol. The number of allylic oxidation sites excluding steroid dienone is 10. The van der Waals surface area contributed by atoms with E-state index in [4.69, 9.17) is 28.4 Å². The van der Waals surface area contributed by atoms with Crippen molar-refractivity contribution in [1.82, 2.24) is 0 Å². The van der Waals surface area contributed by atoms with Gasteiger partial charge < -0.3 is 64.2 Å². The predicted octanol–water partition coefficient (Wildman–Crippen LogP) is 9.69. The molecule has 2 heterocycles. The Labute approximate surface area is 434 Å². The standard InChI is InChI=1S/C58H102O14/c1-3-5-7-9-11-13-15-17-19-20-21-22-23-24-25-26-27-28-30-32-34-36-38-40-42-67-44-47(70-50(60)41-39-37-35-33-31-29-18-16-14-12-10-8-6-4-2)45-68-57-56(66)54(64)52(62)49(72-57)46-69-58-55(65)53(63)51(61)48(43-59)71-58/h10,12,15-18,20-21,23-24,47-49,51-59,61-66H,3-9,11,13-14,19,22,25-46H2,1-2H3/b12-10-,17-15-,18-16-,21-20-,24-23-. The number of unbranched alkanes of at least 4 members (excludes halogenated alkanes) is 21. The summed E-state index contributed by atoms with van der Waals surface area (Å²) in [5.41, 5.74) is 0. The molecule has 14 heteroatoms. The molecule has 14 nitrogen and oxygen atoms in total. The number of aliphatic hydroxyl groups is 7. The molecule has 0 aromatic rings. The number of hydrogen-bond donors (Lipinski definition) is 7. The Kier molecular flexibility index (Phi) is 41.1. The SMILES string of the molecule is CCCC/C=C\C/C=C\CCCCCCCC(=O)OC(COCCCCCCCCCCC/C=C\C/C=C\C/C=C\CCCCCCC)COC1OC(COC2OC(CO)C(O)C(O)C2O)C(O)C(O)C1O. The third-order valence-corrected chi connectivity index (χ3v) is 13.2. The van der Waals surface area contributed by atoms with Gasteiger partial charge in [-0.3, -0.25) is 4.79 Å². The molecule has 0 aromatic heterocycles. The highest BCUT2D eigenvalue weighted by molar-refractivity contribution is 5.69. The largest absolute Gasteiger partial charge is 0.457 e. The fourth-order valence-corrected chi connectivity index (χ4v) is 8.60. The molecule has 0 bridgehead atoms. The van der Waals surface area contributed by atoms with Crippen LogP contribution < -0.4 is 0 Å². The van der Waals surface area contributed by atoms with Crippen LogP contribution in [0.25, 0.3) is 0 Å². The summed E-state index contributed by atoms with van der Waals surface area (Å²) in [5, 5.41) is 72.3. The van der Waals surface area contributed by atoms with Crippen LogP contribution in [0.3, 0.4) is 0 Å². The molecule has 418 valence electrons. The number of carbonyl (C=O) groups is 1. The average Bonchev–Trinajstić information content (AvgIpc) is 3.38. The summed E-state index contributed by atoms with van der Waals surface area (Å²) in [5.74, 6) is -0.393. The third kappa shape index (κ3) is 31.5. The fraction of sp³-hybridized carbons (Fsp3) is 0.810. The quantitative estimate of drug-likeness (QED) is 0.0172. The van der Waals surface area contributed by atoms with Crippen molar-refractivity contribution in [2.75, 3.05) is 33.0 Å². The van der Waals surface area contributed by atoms with E-state index in [9.17, 15) is 40.5 Å². The van der Waals surface area contributed by atoms with Crippen LogP contribution in [0.1, 0.15) is 200 Å². The minimum Gasteiger partial charge on any atom is -0.457 e. The number of esters is 1. The van der Waals surface area contributed by atoms with E-state index < -0.39 is 86.7 Å². The van der Waals surface area contributed by atoms with Gasteiger partial charge in [-0.2, -0.15) is 0 Å². The summed E-state index contributed by atoms with van der Waals surface area (Å²) < 4.78 is 34.3. The van der Waals surface area contributed by atoms with Crippen molar-refractivity contribution in [3.8, 4) is 0 Å². The number of hydrogen-bond acceptors (Lipinski definition) is 14. The van der Waals surface area contributed by atoms with Gasteiger partial charge in [-0.25, -0.2) is 0 Å². The lowest BCUT2D eigenvalue weighted by Gasteiger charge is -2.42. The molecule has 0 aromatic carbocycles. The van der Waals surface area contributed by atoms with E-state index in [1.165, 1.54) is 89.9 Å². The lowest BCUT2D eigenvalue weighted by Crippen LogP contribution is -2.61. The van der Waals surface area contributed by atoms with E-state index in [0.717, 1.165) is 83.5 Å². The van der Waals surface area contributed by atoms with E-state index in [1.807, 2.05) is 0 Å². The van der Waals surface area contributed by atoms with Crippen LogP contribution in [0, 0.1) is 0 Å². The first kappa shape index (κ1) is 65.8. The normalized spacial score (nSPS) is 25.6. The molecule has 2 fully saturated rings. The molecule has 0 amide bonds. The van der Waals surface area contributed by atoms with Crippen LogP contribution in [-0.2, 0) is 33.2 Å². The van der Waals surface area contributed by atoms with Gasteiger partial charge in [-0.15, -0.1) is 0 Å². The second kappa shape index (κ2) is 44.9. The van der Waals surface area contributed by atoms with Gasteiger partial charge in [0.25, 0.3) is 0 Å². The maximum Gasteiger partial charge on any atom is 0.306 e. The topological polar surface area (TPSA) is 214 Å². The summed E-state index contributed by atoms with van der Waals surface area (Å²) in [7, 11) is 0. The number of carbonyl (C=O) groups excluding carboxylic acids is 1. The van der Waals surface area contributed by atoms with Crippen LogP contribution in [0.15, 0.2) is 60.8 Å². The molecule has 11 atom stereocenters. The first-order chi connectivity index (χ1) is 35.1. The molecule has 7 N–H and O–H groups in total. The Morgan fingerprint density at radius 2 is 0.875 bits per heavy atom. The molecule has 72 heavy (non-hydrogen) atoms. The van der Waals surface area contributed by atoms with Crippen molar-refractivity contribution < 1.29 is 69.0 Å². The average molecular weight is 1020 g/mol. The molecular formula is C58H102O14. The summed E-state index contributed by atoms with van der Waals surface area (Å²) in [6, 6.07) is 0. The van der Waals surface area contributed by atoms with E-state index in [2.05, 4.69) is 74.6 Å². The molecule has 2 aliphatic heterocycles. The number of aliphatic hydroxyl groups excluding tert-OH is 7. The molecule has 0 aliphatic carbocycles. The fourth-order valence-electron chi connectivity index (χ4n) is 8.60. The van der Waals surface area contributed by atoms with Crippen LogP contribution in [0.4, 0.5) is 0 Å². The van der Waals surface area contributed by atoms with Gasteiger partial charge in [-0.05, 0) is 77.0 Å². The third-order valence-electron chi connectivity index (χ3n) is 13.2. The van der Waals surface area contributed by atoms with Gasteiger partial charge in [-0.1, -0.05) is 177 Å². The van der Waals surface area contributed by atoms with E-state index in [1.54, 1.807) is 0 Å². The van der Waals surface area contributed by atoms with Gasteiger partial charge in [0.05, 0.1) is 26.4 Å². The molecule has 0 spiro atoms. The maximum absolute atomic E-state index is 13.0. The lowest BCUT2D eigenvalue weighted by molar-refractivity contribution is -0.332. The summed E-state index contributed by atoms with van der Waals surface area (Å²) >= 11 is 0. The first-order valence-corrected chi connectivity index (χ1v) is 28.4. The number of rotatable bonds is 45. The van der Waals surface area contributed by atoms with Crippen molar-refractivity contribution in [2.24, 2.45) is 0 Å². The molecular weight excluding hydrogens is 921 g/mol. The first-order valence-electron chi connectivity index (χ1n) is 28.4. The number of ether oxygens (including phenoxy) is 6. The molecule has 0 saturated carbocycles. The van der Waals surface area contributed by atoms with E-state index in [-0.39, 0.29) is 19.6 Å². The highest BCUT2D eigenvalue weighted by Crippen LogP contribution is 2.26. The molecule has 0 radical (unpaired) electrons. The van der Waals surface area contributed by atoms with Crippen molar-refractivity contribution in [3.63, 3.8) is 0 Å². The minimum absolute atomic E-state index is 0.0499. The Bertz CT molecular complexity index is 1420. The van der Waals surface area contributed by atoms with Crippen LogP contribution in [-0.4, -0.2) is 142 Å². The minimum atomic E-state index is -1.71. The molecule has 2 saturated heterocycles. The molecule has 2 rings (SSSR count). The van der Waals surface area contributed by atoms with Crippen molar-refractivity contribution in [2.45, 2.75) is 268 Å². The summed E-state index contributed by atoms with van der Waals surface area (Å²) in [4.78, 5) is 13.0. The zero-order valence-electron chi connectivity index (χ0n) is 44.7. The van der Waals surface area contributed by atoms with Crippen molar-refractivity contribution in [1.29, 1.82) is 0 Å². The van der Waals surface area contributed by atoms with Gasteiger partial charge in [0.2, 0.25) is 0 Å². The van der Waals surface area contributed by atoms with E-state index >= 15 is 0 Å². The second-order valence-electron chi connectivity index (χ2n) is 19.8. The van der Waals surface area contributed by atoms with Crippen LogP contribution in [0.5, 0.6) is 0 Å². The lowest BCUT2D eigenvalue weighted by atomic mass is 9.98. The summed E-state index contributed by atoms with van der Waals surface area (Å²) in [6.07, 6.45) is 38.5. The van der Waals surface area contributed by atoms with Gasteiger partial charge in [0.1, 0.15) is 54.9 Å². The second-order valence-corrected chi connectivity index (χ2v) is 19.8. The van der Waals surface area contributed by atoms with Gasteiger partial charge >= 0.3 is 5.97 Å². The smallest absolute Gasteiger partial charge is 0.306 e. The van der Waals surface area contributed by atoms with Crippen LogP contribution >= 0.6 is 0 Å². The molecule has 11 unspecified atom stereocenters. The Morgan fingerprint density at radius 1 is 0.458 bits per heavy atom. The molecule has 2 aliphatic rings. The summed E-state index contributed by atoms with van der Waals surface area (Å²) in [6.45, 7) is 3.60. The van der Waals surface area contributed by atoms with Gasteiger partial charge in [0.15, 0.2) is 12.6 Å². The maximum atomic E-state index is 13.0. The predicted molar refractivity (Wildman–Crippen MR) is 284 cm³/mol. The van der Waals surface area contributed by atoms with Crippen molar-refractivity contribution >= 4 is 5.97 Å². The zero-order valence-corrected chi connectivity index (χ0v) is 44.7. The highest BCUT2D eigenvalue weighted by atomic mass is 16.7. The van der Waals surface area contributed by atoms with Gasteiger partial charge in [0, 0.05) is 13.0 Å².